The van der Waals surface area contributed by atoms with Crippen molar-refractivity contribution in [1.82, 2.24) is 0 Å². The summed E-state index contributed by atoms with van der Waals surface area (Å²) in [5, 5.41) is 20.4. The zero-order valence-electron chi connectivity index (χ0n) is 47.1. The molecule has 16 saturated heterocycles. The lowest BCUT2D eigenvalue weighted by Gasteiger charge is -2.54. The van der Waals surface area contributed by atoms with Gasteiger partial charge >= 0.3 is 5.97 Å². The van der Waals surface area contributed by atoms with Crippen molar-refractivity contribution in [1.29, 1.82) is 0 Å². The van der Waals surface area contributed by atoms with Crippen molar-refractivity contribution in [3.05, 3.63) is 24.3 Å². The lowest BCUT2D eigenvalue weighted by Crippen LogP contribution is -2.62. The smallest absolute Gasteiger partial charge is 0.308 e. The number of esters is 1. The Labute approximate surface area is 469 Å². The van der Waals surface area contributed by atoms with Gasteiger partial charge in [-0.3, -0.25) is 9.59 Å². The highest BCUT2D eigenvalue weighted by atomic mass is 16.8. The Morgan fingerprint density at radius 2 is 1.20 bits per heavy atom. The van der Waals surface area contributed by atoms with Crippen LogP contribution in [0.5, 0.6) is 0 Å². The van der Waals surface area contributed by atoms with Crippen LogP contribution in [0.1, 0.15) is 150 Å². The molecule has 16 rings (SSSR count). The molecule has 80 heavy (non-hydrogen) atoms. The van der Waals surface area contributed by atoms with Crippen molar-refractivity contribution >= 4 is 11.8 Å². The first-order valence-electron chi connectivity index (χ1n) is 31.2. The summed E-state index contributed by atoms with van der Waals surface area (Å²) in [4.78, 5) is 27.0. The Bertz CT molecular complexity index is 2410. The largest absolute Gasteiger partial charge is 0.459 e. The van der Waals surface area contributed by atoms with Gasteiger partial charge in [0.1, 0.15) is 42.4 Å². The monoisotopic (exact) mass is 1120 g/mol. The number of ether oxygens (including phenoxy) is 15. The van der Waals surface area contributed by atoms with Crippen LogP contribution in [0.25, 0.3) is 0 Å². The molecule has 0 aromatic carbocycles. The highest BCUT2D eigenvalue weighted by Crippen LogP contribution is 2.58. The van der Waals surface area contributed by atoms with Crippen molar-refractivity contribution in [2.45, 2.75) is 314 Å². The van der Waals surface area contributed by atoms with Gasteiger partial charge in [0, 0.05) is 83.2 Å². The first kappa shape index (κ1) is 54.6. The van der Waals surface area contributed by atoms with E-state index in [1.54, 1.807) is 0 Å². The number of carbonyl (C=O) groups excluding carboxylic acids is 2. The topological polar surface area (TPSA) is 213 Å². The highest BCUT2D eigenvalue weighted by molar-refractivity contribution is 5.79. The molecule has 2 unspecified atom stereocenters. The molecule has 16 fully saturated rings. The minimum absolute atomic E-state index is 0.0122. The number of Topliss-reactive ketones (excluding diaryl/α,β-unsaturated/α-hetero) is 1. The highest BCUT2D eigenvalue weighted by Gasteiger charge is 2.70. The van der Waals surface area contributed by atoms with Crippen LogP contribution in [0.3, 0.4) is 0 Å². The predicted molar refractivity (Wildman–Crippen MR) is 277 cm³/mol. The first-order chi connectivity index (χ1) is 38.5. The van der Waals surface area contributed by atoms with E-state index in [1.807, 2.05) is 0 Å². The van der Waals surface area contributed by atoms with Crippen LogP contribution in [-0.4, -0.2) is 192 Å². The Hall–Kier alpha value is -2.02. The second kappa shape index (κ2) is 20.6. The van der Waals surface area contributed by atoms with Gasteiger partial charge in [0.05, 0.1) is 116 Å². The molecule has 16 heterocycles. The van der Waals surface area contributed by atoms with Crippen LogP contribution in [0.15, 0.2) is 24.3 Å². The number of carbonyl (C=O) groups is 2. The number of aliphatic hydroxyl groups excluding tert-OH is 2. The van der Waals surface area contributed by atoms with Gasteiger partial charge in [-0.15, -0.1) is 0 Å². The minimum Gasteiger partial charge on any atom is -0.459 e. The first-order valence-corrected chi connectivity index (χ1v) is 31.2. The third-order valence-electron chi connectivity index (χ3n) is 22.0. The van der Waals surface area contributed by atoms with Gasteiger partial charge in [-0.05, 0) is 73.8 Å². The van der Waals surface area contributed by atoms with Gasteiger partial charge in [-0.25, -0.2) is 0 Å². The Morgan fingerprint density at radius 3 is 2.05 bits per heavy atom. The number of ketones is 1. The van der Waals surface area contributed by atoms with Crippen LogP contribution in [0.4, 0.5) is 0 Å². The fraction of sp³-hybridized carbons (Fsp3) is 0.902. The summed E-state index contributed by atoms with van der Waals surface area (Å²) in [6.45, 7) is 17.6. The van der Waals surface area contributed by atoms with E-state index < -0.39 is 66.2 Å². The summed E-state index contributed by atoms with van der Waals surface area (Å²) in [5.41, 5.74) is 2.15. The molecule has 0 saturated carbocycles. The number of fused-ring (bicyclic) bond motifs is 10. The van der Waals surface area contributed by atoms with E-state index in [0.29, 0.717) is 64.2 Å². The molecule has 444 valence electrons. The van der Waals surface area contributed by atoms with E-state index in [4.69, 9.17) is 71.1 Å². The maximum atomic E-state index is 14.6. The van der Waals surface area contributed by atoms with Crippen molar-refractivity contribution in [2.75, 3.05) is 6.61 Å². The fourth-order valence-electron chi connectivity index (χ4n) is 18.3. The van der Waals surface area contributed by atoms with E-state index in [1.165, 1.54) is 0 Å². The molecule has 16 aliphatic rings. The zero-order valence-corrected chi connectivity index (χ0v) is 47.1. The minimum atomic E-state index is -0.939. The molecule has 0 aliphatic carbocycles. The molecule has 0 radical (unpaired) electrons. The quantitative estimate of drug-likeness (QED) is 0.262. The van der Waals surface area contributed by atoms with Gasteiger partial charge in [0.2, 0.25) is 0 Å². The number of hydrogen-bond acceptors (Lipinski definition) is 19. The molecule has 12 bridgehead atoms. The van der Waals surface area contributed by atoms with Crippen molar-refractivity contribution < 1.29 is 90.9 Å². The molecular formula is C61H86O19. The maximum Gasteiger partial charge on any atom is 0.308 e. The fourth-order valence-corrected chi connectivity index (χ4v) is 18.3. The van der Waals surface area contributed by atoms with Gasteiger partial charge in [-0.2, -0.15) is 0 Å². The average Bonchev–Trinajstić information content (AvgIpc) is 4.36. The third kappa shape index (κ3) is 9.51. The summed E-state index contributed by atoms with van der Waals surface area (Å²) in [6.07, 6.45) is 2.59. The molecule has 16 aliphatic heterocycles. The van der Waals surface area contributed by atoms with Crippen LogP contribution >= 0.6 is 0 Å². The van der Waals surface area contributed by atoms with Crippen molar-refractivity contribution in [2.24, 2.45) is 23.7 Å². The standard InChI is InChI=1S/C61H86O19/c1-27-15-34-7-9-38-28(2)16-36(66-38)11-13-59-25-47-55(79-59)56-57(73-47)58(80-59)54-39(70-56)10-8-35(68-54)18-49(65)74-53-32(6)52-44(69-43(53)20-40(67-34)31(27)5)21-42-46(72-52)24-61(75-42)26-48-51(78-61)30(4)23-60(77-48)22-29(3)50-45(76-60)19-37(64)41(71-50)17-33(63)12-14-62/h27,29-30,32,34-48,50-58,62,64H,2,5,7-26H2,1,3-4,6H3/t27-,29+,30+,32-,34-,35-,36-,37+,38-,39+,40-,41-,42-,43+,44+,45+,46-,47+,48-,50-,51+,52+,53-,54+,55+,56+,57-,58+,59-,60?,61?/m1/s1. The molecule has 2 N–H and O–H groups in total. The average molecular weight is 1120 g/mol. The SMILES string of the molecule is C=C1C[C@H]2CC[C@]34C[C@@H]5O[C@@H]6[C@@H](O[C@H]7CC[C@H](CC(=O)O[C@@H]8[C@H](C)[C@@H]9O[C@@H]%10CC%11(C[C@H]%12OC%13(C[C@H](C)[C@H]%14O[C@H](CC(=O)CCO)[C@@H](O)C[C@@H]%14O%13)C[C@H](C)[C@@H]%12O%11)O[C@@H]%10C[C@@H]9O[C@H]8C[C@H]8O[C@H](CC[C@H]1O2)C[C@@H](C)C8=C)O[C@@H]7[C@@H]6O3)[C@H]5O4. The van der Waals surface area contributed by atoms with E-state index in [-0.39, 0.29) is 159 Å². The molecule has 19 heteroatoms. The van der Waals surface area contributed by atoms with Crippen LogP contribution < -0.4 is 0 Å². The zero-order chi connectivity index (χ0) is 54.7. The van der Waals surface area contributed by atoms with Crippen LogP contribution in [0.2, 0.25) is 0 Å². The second-order valence-corrected chi connectivity index (χ2v) is 27.7. The summed E-state index contributed by atoms with van der Waals surface area (Å²) in [7, 11) is 0. The number of hydrogen-bond donors (Lipinski definition) is 2. The van der Waals surface area contributed by atoms with E-state index in [2.05, 4.69) is 40.9 Å². The number of aliphatic hydroxyl groups is 2. The summed E-state index contributed by atoms with van der Waals surface area (Å²) in [5.74, 6) is -3.05. The Morgan fingerprint density at radius 1 is 0.525 bits per heavy atom. The Kier molecular flexibility index (Phi) is 14.0. The maximum absolute atomic E-state index is 14.6. The molecular weight excluding hydrogens is 1040 g/mol. The molecule has 0 amide bonds. The van der Waals surface area contributed by atoms with Crippen LogP contribution in [0, 0.1) is 23.7 Å². The molecule has 31 atom stereocenters. The van der Waals surface area contributed by atoms with E-state index in [9.17, 15) is 19.8 Å². The lowest BCUT2D eigenvalue weighted by atomic mass is 9.78. The molecule has 3 spiro atoms. The lowest BCUT2D eigenvalue weighted by molar-refractivity contribution is -0.371. The summed E-state index contributed by atoms with van der Waals surface area (Å²) < 4.78 is 104. The van der Waals surface area contributed by atoms with Gasteiger partial charge < -0.3 is 81.3 Å². The Balaban J connectivity index is 0.652. The molecule has 0 aromatic rings. The summed E-state index contributed by atoms with van der Waals surface area (Å²) >= 11 is 0. The molecule has 19 nitrogen and oxygen atoms in total. The number of rotatable bonds is 4. The van der Waals surface area contributed by atoms with Crippen molar-refractivity contribution in [3.63, 3.8) is 0 Å². The second-order valence-electron chi connectivity index (χ2n) is 27.7. The summed E-state index contributed by atoms with van der Waals surface area (Å²) in [6, 6.07) is 0. The van der Waals surface area contributed by atoms with Gasteiger partial charge in [0.25, 0.3) is 0 Å². The van der Waals surface area contributed by atoms with Gasteiger partial charge in [-0.1, -0.05) is 40.9 Å². The third-order valence-corrected chi connectivity index (χ3v) is 22.0. The van der Waals surface area contributed by atoms with Gasteiger partial charge in [0.15, 0.2) is 17.4 Å². The predicted octanol–water partition coefficient (Wildman–Crippen LogP) is 5.52. The van der Waals surface area contributed by atoms with Crippen molar-refractivity contribution in [3.8, 4) is 0 Å². The van der Waals surface area contributed by atoms with E-state index in [0.717, 1.165) is 49.7 Å². The van der Waals surface area contributed by atoms with E-state index >= 15 is 0 Å². The normalized spacial score (nSPS) is 56.9. The van der Waals surface area contributed by atoms with Crippen LogP contribution in [-0.2, 0) is 80.6 Å². The molecule has 0 aromatic heterocycles.